The van der Waals surface area contributed by atoms with Crippen LogP contribution in [0.2, 0.25) is 5.02 Å². The maximum absolute atomic E-state index is 13.1. The number of benzene rings is 1. The number of hydrogen-bond acceptors (Lipinski definition) is 6. The molecule has 2 fully saturated rings. The van der Waals surface area contributed by atoms with E-state index in [0.29, 0.717) is 46.4 Å². The van der Waals surface area contributed by atoms with E-state index in [9.17, 15) is 9.59 Å². The highest BCUT2D eigenvalue weighted by Crippen LogP contribution is 2.46. The Morgan fingerprint density at radius 3 is 2.72 bits per heavy atom. The van der Waals surface area contributed by atoms with Crippen molar-refractivity contribution < 1.29 is 9.59 Å². The molecule has 3 aliphatic rings. The molecule has 186 valence electrons. The van der Waals surface area contributed by atoms with Crippen molar-refractivity contribution in [1.82, 2.24) is 24.8 Å². The van der Waals surface area contributed by atoms with Gasteiger partial charge in [0.25, 0.3) is 5.91 Å². The van der Waals surface area contributed by atoms with E-state index >= 15 is 0 Å². The Morgan fingerprint density at radius 1 is 1.17 bits per heavy atom. The number of nitrogens with one attached hydrogen (secondary N) is 2. The average molecular weight is 506 g/mol. The minimum Gasteiger partial charge on any atom is -0.378 e. The van der Waals surface area contributed by atoms with Crippen molar-refractivity contribution in [3.05, 3.63) is 53.2 Å². The van der Waals surface area contributed by atoms with E-state index in [1.165, 1.54) is 0 Å². The van der Waals surface area contributed by atoms with Gasteiger partial charge in [0.1, 0.15) is 11.3 Å². The third-order valence-corrected chi connectivity index (χ3v) is 8.03. The summed E-state index contributed by atoms with van der Waals surface area (Å²) in [6.45, 7) is 3.16. The summed E-state index contributed by atoms with van der Waals surface area (Å²) in [5, 5.41) is 3.93. The van der Waals surface area contributed by atoms with Crippen molar-refractivity contribution in [3.8, 4) is 11.4 Å². The standard InChI is InChI=1S/C26H28ClN7O2/c1-33-7-9-34(10-8-33)26(36)17-4-2-3-16(12-17)24-31-22-21(18(27)13-29-25(22)32-24)30-20-15-6-5-14(11-15)19(20)23(28)35/h2-6,12-15,19-20H,7-11H2,1H3,(H2,28,35)(H2,29,30,31,32)/t14-,15+,19+,20-/m1/s1. The second-order valence-corrected chi connectivity index (χ2v) is 10.4. The van der Waals surface area contributed by atoms with Gasteiger partial charge < -0.3 is 25.8 Å². The Hall–Kier alpha value is -3.43. The number of primary amides is 1. The smallest absolute Gasteiger partial charge is 0.253 e. The van der Waals surface area contributed by atoms with Gasteiger partial charge in [-0.15, -0.1) is 0 Å². The molecule has 4 N–H and O–H groups in total. The van der Waals surface area contributed by atoms with Gasteiger partial charge in [-0.3, -0.25) is 9.59 Å². The predicted molar refractivity (Wildman–Crippen MR) is 139 cm³/mol. The van der Waals surface area contributed by atoms with Crippen LogP contribution in [0.25, 0.3) is 22.6 Å². The van der Waals surface area contributed by atoms with E-state index in [1.807, 2.05) is 29.2 Å². The molecule has 2 aliphatic carbocycles. The fourth-order valence-electron chi connectivity index (χ4n) is 5.78. The summed E-state index contributed by atoms with van der Waals surface area (Å²) in [6.07, 6.45) is 6.70. The normalized spacial score (nSPS) is 25.6. The van der Waals surface area contributed by atoms with Crippen LogP contribution in [-0.4, -0.2) is 75.8 Å². The number of allylic oxidation sites excluding steroid dienone is 1. The second kappa shape index (κ2) is 8.90. The van der Waals surface area contributed by atoms with Gasteiger partial charge in [0.2, 0.25) is 5.91 Å². The van der Waals surface area contributed by atoms with Gasteiger partial charge in [-0.05, 0) is 37.4 Å². The molecular weight excluding hydrogens is 478 g/mol. The van der Waals surface area contributed by atoms with Gasteiger partial charge in [-0.25, -0.2) is 9.97 Å². The molecule has 2 amide bonds. The molecule has 2 aromatic heterocycles. The van der Waals surface area contributed by atoms with Crippen LogP contribution < -0.4 is 11.1 Å². The van der Waals surface area contributed by atoms with Gasteiger partial charge >= 0.3 is 0 Å². The number of piperazine rings is 1. The fourth-order valence-corrected chi connectivity index (χ4v) is 5.97. The van der Waals surface area contributed by atoms with Crippen molar-refractivity contribution in [2.24, 2.45) is 23.5 Å². The molecule has 36 heavy (non-hydrogen) atoms. The highest BCUT2D eigenvalue weighted by atomic mass is 35.5. The Kier molecular flexibility index (Phi) is 5.69. The molecule has 1 aliphatic heterocycles. The number of rotatable bonds is 5. The number of likely N-dealkylation sites (N-methyl/N-ethyl adjacent to an activating group) is 1. The number of halogens is 1. The summed E-state index contributed by atoms with van der Waals surface area (Å²) < 4.78 is 0. The summed E-state index contributed by atoms with van der Waals surface area (Å²) in [7, 11) is 2.06. The van der Waals surface area contributed by atoms with Gasteiger partial charge in [-0.1, -0.05) is 35.9 Å². The number of amides is 2. The largest absolute Gasteiger partial charge is 0.378 e. The van der Waals surface area contributed by atoms with E-state index in [-0.39, 0.29) is 35.6 Å². The molecular formula is C26H28ClN7O2. The molecule has 1 saturated carbocycles. The van der Waals surface area contributed by atoms with Crippen molar-refractivity contribution in [1.29, 1.82) is 0 Å². The lowest BCUT2D eigenvalue weighted by Crippen LogP contribution is -2.47. The molecule has 9 nitrogen and oxygen atoms in total. The maximum Gasteiger partial charge on any atom is 0.253 e. The molecule has 3 aromatic rings. The first-order valence-electron chi connectivity index (χ1n) is 12.3. The van der Waals surface area contributed by atoms with Crippen molar-refractivity contribution in [2.45, 2.75) is 12.5 Å². The number of carbonyl (C=O) groups is 2. The molecule has 1 saturated heterocycles. The van der Waals surface area contributed by atoms with Crippen LogP contribution in [0, 0.1) is 17.8 Å². The number of pyridine rings is 1. The first-order valence-corrected chi connectivity index (χ1v) is 12.6. The number of carbonyl (C=O) groups excluding carboxylic acids is 2. The Bertz CT molecular complexity index is 1380. The van der Waals surface area contributed by atoms with Gasteiger partial charge in [0.05, 0.1) is 22.8 Å². The number of anilines is 1. The first-order chi connectivity index (χ1) is 17.4. The summed E-state index contributed by atoms with van der Waals surface area (Å²) in [5.74, 6) is 0.379. The number of aromatic nitrogens is 3. The third-order valence-electron chi connectivity index (χ3n) is 7.75. The number of fused-ring (bicyclic) bond motifs is 3. The zero-order valence-electron chi connectivity index (χ0n) is 19.9. The quantitative estimate of drug-likeness (QED) is 0.458. The topological polar surface area (TPSA) is 120 Å². The molecule has 0 spiro atoms. The van der Waals surface area contributed by atoms with Crippen molar-refractivity contribution in [2.75, 3.05) is 38.5 Å². The van der Waals surface area contributed by atoms with Crippen molar-refractivity contribution >= 4 is 40.3 Å². The highest BCUT2D eigenvalue weighted by Gasteiger charge is 2.47. The SMILES string of the molecule is CN1CCN(C(=O)c2cccc(-c3nc4ncc(Cl)c(N[C@H]5[C@@H](C(N)=O)[C@@H]6C=C[C@H]5C6)c4[nH]3)c2)CC1. The number of H-pyrrole nitrogens is 1. The molecule has 4 atom stereocenters. The highest BCUT2D eigenvalue weighted by molar-refractivity contribution is 6.34. The van der Waals surface area contributed by atoms with Crippen LogP contribution in [0.1, 0.15) is 16.8 Å². The van der Waals surface area contributed by atoms with Crippen molar-refractivity contribution in [3.63, 3.8) is 0 Å². The lowest BCUT2D eigenvalue weighted by molar-refractivity contribution is -0.122. The first kappa shape index (κ1) is 23.0. The van der Waals surface area contributed by atoms with Crippen LogP contribution >= 0.6 is 11.6 Å². The Morgan fingerprint density at radius 2 is 1.94 bits per heavy atom. The maximum atomic E-state index is 13.1. The average Bonchev–Trinajstić information content (AvgIpc) is 3.61. The van der Waals surface area contributed by atoms with Gasteiger partial charge in [0.15, 0.2) is 5.65 Å². The van der Waals surface area contributed by atoms with Crippen LogP contribution in [0.4, 0.5) is 5.69 Å². The minimum atomic E-state index is -0.307. The van der Waals surface area contributed by atoms with Crippen LogP contribution in [0.3, 0.4) is 0 Å². The predicted octanol–water partition coefficient (Wildman–Crippen LogP) is 2.75. The zero-order chi connectivity index (χ0) is 25.0. The summed E-state index contributed by atoms with van der Waals surface area (Å²) in [6, 6.07) is 7.33. The lowest BCUT2D eigenvalue weighted by atomic mass is 9.88. The van der Waals surface area contributed by atoms with E-state index < -0.39 is 0 Å². The van der Waals surface area contributed by atoms with E-state index in [4.69, 9.17) is 17.3 Å². The lowest BCUT2D eigenvalue weighted by Gasteiger charge is -2.32. The molecule has 1 aromatic carbocycles. The Balaban J connectivity index is 1.31. The van der Waals surface area contributed by atoms with Crippen LogP contribution in [0.5, 0.6) is 0 Å². The van der Waals surface area contributed by atoms with Crippen LogP contribution in [0.15, 0.2) is 42.6 Å². The van der Waals surface area contributed by atoms with Gasteiger partial charge in [-0.2, -0.15) is 0 Å². The third kappa shape index (κ3) is 3.92. The molecule has 2 bridgehead atoms. The minimum absolute atomic E-state index is 0.0198. The zero-order valence-corrected chi connectivity index (χ0v) is 20.7. The summed E-state index contributed by atoms with van der Waals surface area (Å²) in [5.41, 5.74) is 8.97. The van der Waals surface area contributed by atoms with Crippen LogP contribution in [-0.2, 0) is 4.79 Å². The molecule has 3 heterocycles. The molecule has 0 unspecified atom stereocenters. The Labute approximate surface area is 213 Å². The molecule has 0 radical (unpaired) electrons. The van der Waals surface area contributed by atoms with E-state index in [1.54, 1.807) is 6.20 Å². The number of nitrogens with zero attached hydrogens (tertiary/aromatic N) is 4. The van der Waals surface area contributed by atoms with E-state index in [0.717, 1.165) is 25.1 Å². The molecule has 10 heteroatoms. The number of nitrogens with two attached hydrogens (primary N) is 1. The summed E-state index contributed by atoms with van der Waals surface area (Å²) >= 11 is 6.57. The molecule has 6 rings (SSSR count). The second-order valence-electron chi connectivity index (χ2n) is 9.99. The monoisotopic (exact) mass is 505 g/mol. The van der Waals surface area contributed by atoms with Gasteiger partial charge in [0, 0.05) is 43.3 Å². The fraction of sp³-hybridized carbons (Fsp3) is 0.385. The summed E-state index contributed by atoms with van der Waals surface area (Å²) in [4.78, 5) is 41.8. The number of aromatic amines is 1. The number of hydrogen-bond donors (Lipinski definition) is 3. The number of imidazole rings is 1. The van der Waals surface area contributed by atoms with E-state index in [2.05, 4.69) is 44.4 Å².